The summed E-state index contributed by atoms with van der Waals surface area (Å²) in [6.45, 7) is 2.68. The molecule has 0 saturated heterocycles. The number of carbonyl (C=O) groups is 1. The summed E-state index contributed by atoms with van der Waals surface area (Å²) in [4.78, 5) is 15.1. The minimum absolute atomic E-state index is 0.185. The minimum Gasteiger partial charge on any atom is -0.366 e. The number of hydrogen-bond donors (Lipinski definition) is 2. The first-order valence-electron chi connectivity index (χ1n) is 6.29. The van der Waals surface area contributed by atoms with Gasteiger partial charge in [0.05, 0.1) is 0 Å². The van der Waals surface area contributed by atoms with E-state index in [0.717, 1.165) is 11.1 Å². The van der Waals surface area contributed by atoms with E-state index in [0.29, 0.717) is 17.1 Å². The lowest BCUT2D eigenvalue weighted by Crippen LogP contribution is -2.18. The topological polar surface area (TPSA) is 68.0 Å². The lowest BCUT2D eigenvalue weighted by molar-refractivity contribution is 0.100. The second-order valence-electron chi connectivity index (χ2n) is 4.55. The van der Waals surface area contributed by atoms with Crippen LogP contribution in [0, 0.1) is 0 Å². The van der Waals surface area contributed by atoms with Gasteiger partial charge in [0.15, 0.2) is 0 Å². The van der Waals surface area contributed by atoms with Gasteiger partial charge in [-0.15, -0.1) is 0 Å². The molecule has 5 heteroatoms. The van der Waals surface area contributed by atoms with Crippen LogP contribution in [0.25, 0.3) is 0 Å². The maximum atomic E-state index is 11.1. The van der Waals surface area contributed by atoms with E-state index >= 15 is 0 Å². The summed E-state index contributed by atoms with van der Waals surface area (Å²) >= 11 is 6.15. The lowest BCUT2D eigenvalue weighted by Gasteiger charge is -2.15. The number of benzene rings is 1. The molecule has 2 aromatic rings. The van der Waals surface area contributed by atoms with Gasteiger partial charge in [0.25, 0.3) is 0 Å². The van der Waals surface area contributed by atoms with E-state index < -0.39 is 5.91 Å². The predicted octanol–water partition coefficient (Wildman–Crippen LogP) is 2.68. The van der Waals surface area contributed by atoms with Crippen molar-refractivity contribution in [1.29, 1.82) is 0 Å². The van der Waals surface area contributed by atoms with Gasteiger partial charge >= 0.3 is 0 Å². The van der Waals surface area contributed by atoms with Gasteiger partial charge in [-0.05, 0) is 42.3 Å². The van der Waals surface area contributed by atoms with E-state index in [9.17, 15) is 4.79 Å². The van der Waals surface area contributed by atoms with Crippen molar-refractivity contribution in [1.82, 2.24) is 10.3 Å². The SMILES string of the molecule is C[C@H](NCc1ccc(C(N)=O)cc1Cl)c1ccncc1. The summed E-state index contributed by atoms with van der Waals surface area (Å²) in [5.41, 5.74) is 7.71. The minimum atomic E-state index is -0.475. The fourth-order valence-corrected chi connectivity index (χ4v) is 2.12. The van der Waals surface area contributed by atoms with Gasteiger partial charge in [-0.3, -0.25) is 9.78 Å². The molecule has 0 aliphatic rings. The van der Waals surface area contributed by atoms with Gasteiger partial charge in [-0.1, -0.05) is 17.7 Å². The Morgan fingerprint density at radius 2 is 2.05 bits per heavy atom. The first-order valence-corrected chi connectivity index (χ1v) is 6.67. The van der Waals surface area contributed by atoms with Gasteiger partial charge in [0.2, 0.25) is 5.91 Å². The number of amides is 1. The third-order valence-electron chi connectivity index (χ3n) is 3.14. The van der Waals surface area contributed by atoms with Crippen molar-refractivity contribution in [3.8, 4) is 0 Å². The molecule has 0 radical (unpaired) electrons. The Morgan fingerprint density at radius 1 is 1.35 bits per heavy atom. The van der Waals surface area contributed by atoms with E-state index in [4.69, 9.17) is 17.3 Å². The molecular formula is C15H16ClN3O. The fourth-order valence-electron chi connectivity index (χ4n) is 1.88. The Balaban J connectivity index is 2.02. The second-order valence-corrected chi connectivity index (χ2v) is 4.96. The number of halogens is 1. The molecule has 0 aliphatic heterocycles. The van der Waals surface area contributed by atoms with Crippen LogP contribution in [0.3, 0.4) is 0 Å². The fraction of sp³-hybridized carbons (Fsp3) is 0.200. The van der Waals surface area contributed by atoms with Crippen molar-refractivity contribution in [2.45, 2.75) is 19.5 Å². The quantitative estimate of drug-likeness (QED) is 0.889. The van der Waals surface area contributed by atoms with Crippen molar-refractivity contribution in [3.63, 3.8) is 0 Å². The Labute approximate surface area is 123 Å². The normalized spacial score (nSPS) is 12.1. The second kappa shape index (κ2) is 6.50. The third kappa shape index (κ3) is 3.56. The van der Waals surface area contributed by atoms with Crippen LogP contribution >= 0.6 is 11.6 Å². The summed E-state index contributed by atoms with van der Waals surface area (Å²) in [5.74, 6) is -0.475. The monoisotopic (exact) mass is 289 g/mol. The zero-order valence-corrected chi connectivity index (χ0v) is 11.9. The van der Waals surface area contributed by atoms with Crippen LogP contribution in [0.2, 0.25) is 5.02 Å². The van der Waals surface area contributed by atoms with Gasteiger partial charge < -0.3 is 11.1 Å². The zero-order chi connectivity index (χ0) is 14.5. The molecule has 0 bridgehead atoms. The van der Waals surface area contributed by atoms with Crippen molar-refractivity contribution in [2.75, 3.05) is 0 Å². The Kier molecular flexibility index (Phi) is 4.71. The molecule has 0 aliphatic carbocycles. The molecule has 1 atom stereocenters. The molecule has 1 amide bonds. The summed E-state index contributed by atoms with van der Waals surface area (Å²) in [7, 11) is 0. The number of rotatable bonds is 5. The molecule has 104 valence electrons. The number of nitrogens with two attached hydrogens (primary N) is 1. The van der Waals surface area contributed by atoms with Crippen molar-refractivity contribution >= 4 is 17.5 Å². The first-order chi connectivity index (χ1) is 9.58. The third-order valence-corrected chi connectivity index (χ3v) is 3.49. The highest BCUT2D eigenvalue weighted by molar-refractivity contribution is 6.31. The van der Waals surface area contributed by atoms with Gasteiger partial charge in [-0.25, -0.2) is 0 Å². The number of hydrogen-bond acceptors (Lipinski definition) is 3. The number of pyridine rings is 1. The van der Waals surface area contributed by atoms with E-state index in [-0.39, 0.29) is 6.04 Å². The van der Waals surface area contributed by atoms with E-state index in [1.165, 1.54) is 0 Å². The maximum Gasteiger partial charge on any atom is 0.248 e. The number of nitrogens with zero attached hydrogens (tertiary/aromatic N) is 1. The molecule has 1 aromatic carbocycles. The number of aromatic nitrogens is 1. The van der Waals surface area contributed by atoms with Crippen LogP contribution in [-0.2, 0) is 6.54 Å². The average molecular weight is 290 g/mol. The number of carbonyl (C=O) groups excluding carboxylic acids is 1. The molecule has 0 fully saturated rings. The Hall–Kier alpha value is -1.91. The highest BCUT2D eigenvalue weighted by Gasteiger charge is 2.08. The lowest BCUT2D eigenvalue weighted by atomic mass is 10.1. The van der Waals surface area contributed by atoms with Crippen LogP contribution in [0.15, 0.2) is 42.7 Å². The molecule has 0 spiro atoms. The Bertz CT molecular complexity index is 601. The molecule has 1 heterocycles. The van der Waals surface area contributed by atoms with E-state index in [1.54, 1.807) is 24.5 Å². The molecule has 1 aromatic heterocycles. The van der Waals surface area contributed by atoms with Crippen molar-refractivity contribution in [2.24, 2.45) is 5.73 Å². The summed E-state index contributed by atoms with van der Waals surface area (Å²) in [6.07, 6.45) is 3.53. The molecule has 20 heavy (non-hydrogen) atoms. The molecular weight excluding hydrogens is 274 g/mol. The molecule has 4 nitrogen and oxygen atoms in total. The largest absolute Gasteiger partial charge is 0.366 e. The first kappa shape index (κ1) is 14.5. The smallest absolute Gasteiger partial charge is 0.248 e. The van der Waals surface area contributed by atoms with Crippen LogP contribution in [0.1, 0.15) is 34.5 Å². The van der Waals surface area contributed by atoms with Crippen LogP contribution < -0.4 is 11.1 Å². The van der Waals surface area contributed by atoms with Gasteiger partial charge in [0, 0.05) is 35.6 Å². The standard InChI is InChI=1S/C15H16ClN3O/c1-10(11-4-6-18-7-5-11)19-9-13-3-2-12(15(17)20)8-14(13)16/h2-8,10,19H,9H2,1H3,(H2,17,20)/t10-/m0/s1. The number of primary amides is 1. The van der Waals surface area contributed by atoms with Crippen LogP contribution in [0.4, 0.5) is 0 Å². The summed E-state index contributed by atoms with van der Waals surface area (Å²) in [6, 6.07) is 9.21. The average Bonchev–Trinajstić information content (AvgIpc) is 2.46. The highest BCUT2D eigenvalue weighted by Crippen LogP contribution is 2.19. The van der Waals surface area contributed by atoms with Gasteiger partial charge in [-0.2, -0.15) is 0 Å². The number of nitrogens with one attached hydrogen (secondary N) is 1. The predicted molar refractivity (Wildman–Crippen MR) is 79.5 cm³/mol. The van der Waals surface area contributed by atoms with Gasteiger partial charge in [0.1, 0.15) is 0 Å². The molecule has 0 unspecified atom stereocenters. The summed E-state index contributed by atoms with van der Waals surface area (Å²) < 4.78 is 0. The van der Waals surface area contributed by atoms with E-state index in [2.05, 4.69) is 17.2 Å². The zero-order valence-electron chi connectivity index (χ0n) is 11.1. The molecule has 2 rings (SSSR count). The van der Waals surface area contributed by atoms with Crippen LogP contribution in [-0.4, -0.2) is 10.9 Å². The highest BCUT2D eigenvalue weighted by atomic mass is 35.5. The van der Waals surface area contributed by atoms with Crippen molar-refractivity contribution < 1.29 is 4.79 Å². The van der Waals surface area contributed by atoms with E-state index in [1.807, 2.05) is 18.2 Å². The molecule has 3 N–H and O–H groups in total. The molecule has 0 saturated carbocycles. The summed E-state index contributed by atoms with van der Waals surface area (Å²) in [5, 5.41) is 3.91. The van der Waals surface area contributed by atoms with Crippen LogP contribution in [0.5, 0.6) is 0 Å². The van der Waals surface area contributed by atoms with Crippen molar-refractivity contribution in [3.05, 3.63) is 64.4 Å². The Morgan fingerprint density at radius 3 is 2.65 bits per heavy atom. The maximum absolute atomic E-state index is 11.1.